The zero-order chi connectivity index (χ0) is 14.4. The molecule has 1 fully saturated rings. The van der Waals surface area contributed by atoms with Crippen LogP contribution in [0.15, 0.2) is 17.0 Å². The van der Waals surface area contributed by atoms with E-state index in [1.807, 2.05) is 0 Å². The predicted octanol–water partition coefficient (Wildman–Crippen LogP) is -0.727. The van der Waals surface area contributed by atoms with Gasteiger partial charge in [-0.05, 0) is 12.1 Å². The molecule has 6 nitrogen and oxygen atoms in total. The van der Waals surface area contributed by atoms with Crippen molar-refractivity contribution in [3.05, 3.63) is 23.8 Å². The van der Waals surface area contributed by atoms with Gasteiger partial charge >= 0.3 is 0 Å². The van der Waals surface area contributed by atoms with Crippen LogP contribution in [0.4, 0.5) is 14.5 Å². The van der Waals surface area contributed by atoms with Crippen LogP contribution in [-0.2, 0) is 10.0 Å². The molecule has 0 amide bonds. The quantitative estimate of drug-likeness (QED) is 0.624. The van der Waals surface area contributed by atoms with Crippen molar-refractivity contribution in [2.75, 3.05) is 18.8 Å². The average molecular weight is 294 g/mol. The molecule has 1 saturated heterocycles. The number of anilines is 1. The van der Waals surface area contributed by atoms with E-state index in [-0.39, 0.29) is 13.1 Å². The van der Waals surface area contributed by atoms with Crippen LogP contribution in [0.25, 0.3) is 0 Å². The molecule has 0 radical (unpaired) electrons. The Bertz CT molecular complexity index is 598. The lowest BCUT2D eigenvalue weighted by atomic mass is 10.3. The smallest absolute Gasteiger partial charge is 0.246 e. The number of sulfonamides is 1. The highest BCUT2D eigenvalue weighted by Crippen LogP contribution is 2.27. The van der Waals surface area contributed by atoms with Crippen LogP contribution in [0.1, 0.15) is 0 Å². The van der Waals surface area contributed by atoms with Crippen molar-refractivity contribution in [1.29, 1.82) is 0 Å². The van der Waals surface area contributed by atoms with E-state index in [0.29, 0.717) is 0 Å². The van der Waals surface area contributed by atoms with Gasteiger partial charge in [0, 0.05) is 13.1 Å². The van der Waals surface area contributed by atoms with E-state index in [1.165, 1.54) is 0 Å². The minimum atomic E-state index is -4.28. The summed E-state index contributed by atoms with van der Waals surface area (Å²) in [5, 5.41) is 18.6. The van der Waals surface area contributed by atoms with Gasteiger partial charge in [0.05, 0.1) is 12.2 Å². The predicted molar refractivity (Wildman–Crippen MR) is 61.5 cm³/mol. The second kappa shape index (κ2) is 4.67. The molecular weight excluding hydrogens is 282 g/mol. The van der Waals surface area contributed by atoms with E-state index in [9.17, 15) is 27.4 Å². The molecule has 0 spiro atoms. The van der Waals surface area contributed by atoms with E-state index < -0.39 is 44.4 Å². The number of hydrogen-bond donors (Lipinski definition) is 3. The van der Waals surface area contributed by atoms with Gasteiger partial charge in [-0.3, -0.25) is 0 Å². The molecule has 1 aromatic rings. The number of nitrogen functional groups attached to an aromatic ring is 1. The summed E-state index contributed by atoms with van der Waals surface area (Å²) in [5.74, 6) is -2.44. The summed E-state index contributed by atoms with van der Waals surface area (Å²) in [4.78, 5) is -0.785. The zero-order valence-corrected chi connectivity index (χ0v) is 10.4. The number of aliphatic hydroxyl groups is 2. The first-order valence-corrected chi connectivity index (χ1v) is 6.79. The van der Waals surface area contributed by atoms with Crippen LogP contribution in [0.2, 0.25) is 0 Å². The number of aliphatic hydroxyl groups excluding tert-OH is 2. The molecule has 0 saturated carbocycles. The van der Waals surface area contributed by atoms with Crippen LogP contribution < -0.4 is 5.73 Å². The van der Waals surface area contributed by atoms with E-state index in [0.717, 1.165) is 16.4 Å². The largest absolute Gasteiger partial charge is 0.394 e. The van der Waals surface area contributed by atoms with E-state index >= 15 is 0 Å². The number of nitrogens with two attached hydrogens (primary N) is 1. The first-order valence-electron chi connectivity index (χ1n) is 5.35. The van der Waals surface area contributed by atoms with E-state index in [1.54, 1.807) is 0 Å². The van der Waals surface area contributed by atoms with Gasteiger partial charge in [0.25, 0.3) is 0 Å². The Labute approximate surface area is 108 Å². The van der Waals surface area contributed by atoms with Crippen molar-refractivity contribution < 1.29 is 27.4 Å². The third-order valence-corrected chi connectivity index (χ3v) is 4.78. The molecule has 19 heavy (non-hydrogen) atoms. The summed E-state index contributed by atoms with van der Waals surface area (Å²) in [7, 11) is -4.28. The molecule has 0 aromatic heterocycles. The lowest BCUT2D eigenvalue weighted by Crippen LogP contribution is -2.30. The summed E-state index contributed by atoms with van der Waals surface area (Å²) >= 11 is 0. The van der Waals surface area contributed by atoms with Gasteiger partial charge in [0.15, 0.2) is 5.82 Å². The minimum absolute atomic E-state index is 0.361. The lowest BCUT2D eigenvalue weighted by Gasteiger charge is -2.16. The second-order valence-corrected chi connectivity index (χ2v) is 6.14. The normalized spacial score (nSPS) is 24.8. The van der Waals surface area contributed by atoms with Crippen LogP contribution in [0, 0.1) is 11.6 Å². The summed E-state index contributed by atoms with van der Waals surface area (Å²) < 4.78 is 51.6. The van der Waals surface area contributed by atoms with Gasteiger partial charge in [-0.25, -0.2) is 17.2 Å². The topological polar surface area (TPSA) is 104 Å². The van der Waals surface area contributed by atoms with E-state index in [4.69, 9.17) is 5.73 Å². The van der Waals surface area contributed by atoms with Crippen molar-refractivity contribution in [3.63, 3.8) is 0 Å². The second-order valence-electron chi connectivity index (χ2n) is 4.23. The maximum absolute atomic E-state index is 13.7. The Morgan fingerprint density at radius 2 is 1.74 bits per heavy atom. The summed E-state index contributed by atoms with van der Waals surface area (Å²) in [6.45, 7) is -0.722. The van der Waals surface area contributed by atoms with Gasteiger partial charge in [0.2, 0.25) is 10.0 Å². The number of β-amino-alcohol motifs (C(OH)–C–C–N with tert-alkyl or cyclic N) is 2. The zero-order valence-electron chi connectivity index (χ0n) is 9.62. The highest BCUT2D eigenvalue weighted by Gasteiger charge is 2.39. The highest BCUT2D eigenvalue weighted by molar-refractivity contribution is 7.89. The summed E-state index contributed by atoms with van der Waals surface area (Å²) in [6, 6.07) is 1.50. The molecule has 1 heterocycles. The van der Waals surface area contributed by atoms with Crippen molar-refractivity contribution in [1.82, 2.24) is 4.31 Å². The molecule has 0 aliphatic carbocycles. The maximum Gasteiger partial charge on any atom is 0.246 e. The Balaban J connectivity index is 2.44. The van der Waals surface area contributed by atoms with Gasteiger partial charge in [-0.15, -0.1) is 0 Å². The number of rotatable bonds is 2. The third kappa shape index (κ3) is 2.29. The van der Waals surface area contributed by atoms with Crippen LogP contribution >= 0.6 is 0 Å². The van der Waals surface area contributed by atoms with Crippen molar-refractivity contribution in [2.45, 2.75) is 17.1 Å². The molecule has 2 atom stereocenters. The molecule has 0 unspecified atom stereocenters. The van der Waals surface area contributed by atoms with Crippen molar-refractivity contribution >= 4 is 15.7 Å². The first kappa shape index (κ1) is 14.1. The fourth-order valence-corrected chi connectivity index (χ4v) is 3.37. The molecule has 2 rings (SSSR count). The standard InChI is InChI=1S/C10H12F2N2O4S/c11-5-1-2-8(9(12)10(5)13)19(17,18)14-3-6(15)7(16)4-14/h1-2,6-7,15-16H,3-4,13H2/t6-,7+. The maximum atomic E-state index is 13.7. The number of hydrogen-bond acceptors (Lipinski definition) is 5. The fourth-order valence-electron chi connectivity index (χ4n) is 1.82. The molecule has 9 heteroatoms. The average Bonchev–Trinajstić information content (AvgIpc) is 2.67. The number of nitrogens with zero attached hydrogens (tertiary/aromatic N) is 1. The SMILES string of the molecule is Nc1c(F)ccc(S(=O)(=O)N2C[C@@H](O)[C@@H](O)C2)c1F. The molecule has 1 aromatic carbocycles. The number of benzene rings is 1. The lowest BCUT2D eigenvalue weighted by molar-refractivity contribution is 0.0572. The molecule has 4 N–H and O–H groups in total. The van der Waals surface area contributed by atoms with Gasteiger partial charge in [-0.1, -0.05) is 0 Å². The molecular formula is C10H12F2N2O4S. The molecule has 106 valence electrons. The van der Waals surface area contributed by atoms with Gasteiger partial charge in [-0.2, -0.15) is 4.31 Å². The Morgan fingerprint density at radius 3 is 2.26 bits per heavy atom. The van der Waals surface area contributed by atoms with Crippen molar-refractivity contribution in [3.8, 4) is 0 Å². The number of halogens is 2. The Morgan fingerprint density at radius 1 is 1.21 bits per heavy atom. The monoisotopic (exact) mass is 294 g/mol. The Hall–Kier alpha value is -1.29. The molecule has 0 bridgehead atoms. The fraction of sp³-hybridized carbons (Fsp3) is 0.400. The van der Waals surface area contributed by atoms with Crippen LogP contribution in [-0.4, -0.2) is 48.2 Å². The molecule has 1 aliphatic rings. The Kier molecular flexibility index (Phi) is 3.47. The third-order valence-electron chi connectivity index (χ3n) is 2.93. The van der Waals surface area contributed by atoms with Crippen molar-refractivity contribution in [2.24, 2.45) is 0 Å². The highest BCUT2D eigenvalue weighted by atomic mass is 32.2. The minimum Gasteiger partial charge on any atom is -0.394 e. The van der Waals surface area contributed by atoms with Crippen LogP contribution in [0.3, 0.4) is 0 Å². The first-order chi connectivity index (χ1) is 8.75. The van der Waals surface area contributed by atoms with Crippen LogP contribution in [0.5, 0.6) is 0 Å². The molecule has 1 aliphatic heterocycles. The van der Waals surface area contributed by atoms with E-state index in [2.05, 4.69) is 0 Å². The van der Waals surface area contributed by atoms with Gasteiger partial charge < -0.3 is 15.9 Å². The van der Waals surface area contributed by atoms with Gasteiger partial charge in [0.1, 0.15) is 16.4 Å². The summed E-state index contributed by atoms with van der Waals surface area (Å²) in [5.41, 5.74) is 4.21. The summed E-state index contributed by atoms with van der Waals surface area (Å²) in [6.07, 6.45) is -2.48.